The first-order valence-corrected chi connectivity index (χ1v) is 43.2. The van der Waals surface area contributed by atoms with Crippen LogP contribution in [0.3, 0.4) is 0 Å². The number of thiazole rings is 3. The van der Waals surface area contributed by atoms with E-state index in [0.29, 0.717) is 42.9 Å². The Balaban J connectivity index is 0.000000125. The van der Waals surface area contributed by atoms with Gasteiger partial charge in [-0.2, -0.15) is 0 Å². The fourth-order valence-corrected chi connectivity index (χ4v) is 17.2. The van der Waals surface area contributed by atoms with E-state index < -0.39 is 11.2 Å². The molecule has 0 spiro atoms. The van der Waals surface area contributed by atoms with Gasteiger partial charge in [0.15, 0.2) is 11.2 Å². The van der Waals surface area contributed by atoms with Gasteiger partial charge < -0.3 is 30.6 Å². The molecule has 10 heterocycles. The lowest BCUT2D eigenvalue weighted by Gasteiger charge is -2.23. The summed E-state index contributed by atoms with van der Waals surface area (Å²) in [6.07, 6.45) is 24.2. The zero-order valence-electron chi connectivity index (χ0n) is 67.7. The summed E-state index contributed by atoms with van der Waals surface area (Å²) in [6.45, 7) is 6.19. The lowest BCUT2D eigenvalue weighted by Crippen LogP contribution is -2.41. The largest absolute Gasteiger partial charge is 0.380 e. The van der Waals surface area contributed by atoms with Crippen molar-refractivity contribution in [3.05, 3.63) is 402 Å². The van der Waals surface area contributed by atoms with Gasteiger partial charge in [0.25, 0.3) is 17.7 Å². The Kier molecular flexibility index (Phi) is 29.4. The van der Waals surface area contributed by atoms with E-state index in [9.17, 15) is 24.6 Å². The van der Waals surface area contributed by atoms with E-state index in [1.165, 1.54) is 32.2 Å². The van der Waals surface area contributed by atoms with Crippen LogP contribution in [0.2, 0.25) is 0 Å². The van der Waals surface area contributed by atoms with E-state index in [2.05, 4.69) is 145 Å². The van der Waals surface area contributed by atoms with Gasteiger partial charge in [-0.1, -0.05) is 233 Å². The molecule has 0 saturated heterocycles. The predicted molar refractivity (Wildman–Crippen MR) is 495 cm³/mol. The number of fused-ring (bicyclic) bond motifs is 2. The molecule has 0 fully saturated rings. The topological polar surface area (TPSA) is 225 Å². The van der Waals surface area contributed by atoms with Crippen LogP contribution in [0.15, 0.2) is 359 Å². The summed E-state index contributed by atoms with van der Waals surface area (Å²) < 4.78 is 0. The minimum Gasteiger partial charge on any atom is -0.380 e. The van der Waals surface area contributed by atoms with Gasteiger partial charge in [-0.3, -0.25) is 39.3 Å². The molecule has 8 aromatic heterocycles. The number of nitrogens with zero attached hydrogens (tertiary/aromatic N) is 10. The summed E-state index contributed by atoms with van der Waals surface area (Å²) in [5.41, 5.74) is 13.6. The summed E-state index contributed by atoms with van der Waals surface area (Å²) in [5, 5.41) is 31.4. The number of hydrogen-bond acceptors (Lipinski definition) is 17. The molecule has 0 saturated carbocycles. The third-order valence-electron chi connectivity index (χ3n) is 20.4. The average Bonchev–Trinajstić information content (AvgIpc) is 1.59. The molecule has 16 aromatic rings. The Morgan fingerprint density at radius 2 is 0.885 bits per heavy atom. The standard InChI is InChI=1S/C22H18N2S.C21H15N3OS.C21H17N3S.C19H22N2O2.C19H20N2O2/c1-3-8-17(9-4-1)13-14-20-21(18-10-5-2-6-11-18)24-22(25-20)19-12-7-15-23-16-19;25-20(23-17-11-5-2-6-12-17)18-19(15-8-3-1-4-9-15)26-21(24-18)16-10-7-13-22-14-16;1-3-8-16(9-4-1)20-19(15-23-18-11-5-2-6-12-18)25-21(24-20)17-10-7-13-22-14-17;2*1-2-3-14-21-17-10-5-4-9-16(17)19(23,18(21)22)12-11-15-8-6-7-13-20-15/h1-12,15-16H,13-14H2;1-14H,(H,23,25);1-14,23H,15H2;4-10,13,23H,2-3,11-12,14H2,1H3;4-13,23H,2-3,14H2,1H3/b;;;;12-11+. The molecule has 0 bridgehead atoms. The molecule has 4 N–H and O–H groups in total. The van der Waals surface area contributed by atoms with Crippen LogP contribution in [0, 0.1) is 0 Å². The molecule has 18 rings (SSSR count). The first kappa shape index (κ1) is 84.7. The first-order chi connectivity index (χ1) is 59.9. The number of aromatic nitrogens is 8. The number of unbranched alkanes of at least 4 members (excludes halogenated alkanes) is 2. The molecule has 8 aromatic carbocycles. The minimum atomic E-state index is -1.62. The summed E-state index contributed by atoms with van der Waals surface area (Å²) in [5.74, 6) is -0.719. The molecule has 3 amide bonds. The van der Waals surface area contributed by atoms with Crippen LogP contribution < -0.4 is 20.4 Å². The van der Waals surface area contributed by atoms with Gasteiger partial charge >= 0.3 is 0 Å². The molecule has 2 aliphatic heterocycles. The Hall–Kier alpha value is -13.7. The second-order valence-electron chi connectivity index (χ2n) is 28.8. The quantitative estimate of drug-likeness (QED) is 0.0418. The van der Waals surface area contributed by atoms with Crippen molar-refractivity contribution in [3.8, 4) is 64.7 Å². The van der Waals surface area contributed by atoms with Crippen LogP contribution in [-0.2, 0) is 46.6 Å². The Labute approximate surface area is 723 Å². The van der Waals surface area contributed by atoms with Gasteiger partial charge in [-0.05, 0) is 159 Å². The van der Waals surface area contributed by atoms with Gasteiger partial charge in [0, 0.05) is 124 Å². The highest BCUT2D eigenvalue weighted by Crippen LogP contribution is 2.45. The second kappa shape index (κ2) is 42.3. The SMILES string of the molecule is CCCCN1C(=O)C(O)(/C=C/c2ccccn2)c2ccccc21.CCCCN1C(=O)C(O)(CCc2ccccn2)c2ccccc21.O=C(Nc1ccccc1)c1nc(-c2cccnc2)sc1-c1ccccc1.c1ccc(CCc2sc(-c3cccnc3)nc2-c2ccccc2)cc1.c1ccc(NCc2sc(-c3cccnc3)nc2-c2ccccc2)cc1. The van der Waals surface area contributed by atoms with Crippen LogP contribution in [0.4, 0.5) is 22.7 Å². The molecule has 2 aliphatic rings. The predicted octanol–water partition coefficient (Wildman–Crippen LogP) is 22.4. The fourth-order valence-electron chi connectivity index (χ4n) is 14.1. The highest BCUT2D eigenvalue weighted by molar-refractivity contribution is 7.18. The van der Waals surface area contributed by atoms with E-state index in [1.54, 1.807) is 81.8 Å². The van der Waals surface area contributed by atoms with E-state index in [1.807, 2.05) is 225 Å². The number of hydrogen-bond donors (Lipinski definition) is 4. The number of amides is 3. The summed E-state index contributed by atoms with van der Waals surface area (Å²) in [6, 6.07) is 98.9. The molecule has 2 unspecified atom stereocenters. The molecule has 0 aliphatic carbocycles. The number of benzene rings is 8. The Morgan fingerprint density at radius 3 is 1.42 bits per heavy atom. The second-order valence-corrected chi connectivity index (χ2v) is 32.0. The van der Waals surface area contributed by atoms with E-state index in [4.69, 9.17) is 9.97 Å². The number of carbonyl (C=O) groups is 3. The highest BCUT2D eigenvalue weighted by Gasteiger charge is 2.49. The third-order valence-corrected chi connectivity index (χ3v) is 23.8. The highest BCUT2D eigenvalue weighted by atomic mass is 32.1. The number of nitrogens with one attached hydrogen (secondary N) is 2. The van der Waals surface area contributed by atoms with Crippen molar-refractivity contribution in [1.29, 1.82) is 0 Å². The zero-order chi connectivity index (χ0) is 84.1. The lowest BCUT2D eigenvalue weighted by atomic mass is 9.90. The average molecular weight is 1660 g/mol. The van der Waals surface area contributed by atoms with Crippen LogP contribution in [0.5, 0.6) is 0 Å². The van der Waals surface area contributed by atoms with E-state index in [-0.39, 0.29) is 17.7 Å². The molecule has 122 heavy (non-hydrogen) atoms. The Bertz CT molecular complexity index is 5850. The maximum Gasteiger partial charge on any atom is 0.275 e. The number of rotatable bonds is 25. The van der Waals surface area contributed by atoms with Crippen molar-refractivity contribution in [2.75, 3.05) is 33.5 Å². The number of pyridine rings is 5. The molecular weight excluding hydrogens is 1570 g/mol. The Morgan fingerprint density at radius 1 is 0.426 bits per heavy atom. The fraction of sp³-hybridized carbons (Fsp3) is 0.147. The summed E-state index contributed by atoms with van der Waals surface area (Å²) >= 11 is 4.98. The van der Waals surface area contributed by atoms with E-state index in [0.717, 1.165) is 138 Å². The van der Waals surface area contributed by atoms with Crippen LogP contribution >= 0.6 is 34.0 Å². The summed E-state index contributed by atoms with van der Waals surface area (Å²) in [4.78, 5) is 80.9. The molecule has 17 nitrogen and oxygen atoms in total. The molecule has 2 atom stereocenters. The van der Waals surface area contributed by atoms with Gasteiger partial charge in [-0.15, -0.1) is 34.0 Å². The molecule has 20 heteroatoms. The van der Waals surface area contributed by atoms with Gasteiger partial charge in [0.05, 0.1) is 44.8 Å². The third kappa shape index (κ3) is 21.5. The van der Waals surface area contributed by atoms with Gasteiger partial charge in [0.2, 0.25) is 0 Å². The van der Waals surface area contributed by atoms with Gasteiger partial charge in [-0.25, -0.2) is 15.0 Å². The number of carbonyl (C=O) groups excluding carboxylic acids is 3. The normalized spacial score (nSPS) is 14.2. The number of para-hydroxylation sites is 4. The van der Waals surface area contributed by atoms with Crippen molar-refractivity contribution in [2.24, 2.45) is 0 Å². The van der Waals surface area contributed by atoms with E-state index >= 15 is 0 Å². The van der Waals surface area contributed by atoms with Crippen LogP contribution in [0.1, 0.15) is 94.3 Å². The number of anilines is 4. The molecule has 0 radical (unpaired) electrons. The zero-order valence-corrected chi connectivity index (χ0v) is 70.2. The van der Waals surface area contributed by atoms with Crippen molar-refractivity contribution in [1.82, 2.24) is 39.9 Å². The monoisotopic (exact) mass is 1660 g/mol. The van der Waals surface area contributed by atoms with Crippen molar-refractivity contribution in [2.45, 2.75) is 83.0 Å². The van der Waals surface area contributed by atoms with Gasteiger partial charge in [0.1, 0.15) is 20.7 Å². The first-order valence-electron chi connectivity index (χ1n) is 40.8. The van der Waals surface area contributed by atoms with Crippen molar-refractivity contribution >= 4 is 80.6 Å². The molecular formula is C102H92N12O5S3. The summed E-state index contributed by atoms with van der Waals surface area (Å²) in [7, 11) is 0. The van der Waals surface area contributed by atoms with Crippen molar-refractivity contribution < 1.29 is 24.6 Å². The van der Waals surface area contributed by atoms with Crippen LogP contribution in [0.25, 0.3) is 70.7 Å². The smallest absolute Gasteiger partial charge is 0.275 e. The van der Waals surface area contributed by atoms with Crippen molar-refractivity contribution in [3.63, 3.8) is 0 Å². The minimum absolute atomic E-state index is 0.205. The number of aliphatic hydroxyl groups is 2. The maximum atomic E-state index is 12.9. The lowest BCUT2D eigenvalue weighted by molar-refractivity contribution is -0.136. The van der Waals surface area contributed by atoms with Crippen LogP contribution in [-0.4, -0.2) is 80.9 Å². The maximum absolute atomic E-state index is 12.9. The molecule has 608 valence electrons. The number of aryl methyl sites for hydroxylation is 3.